The van der Waals surface area contributed by atoms with Gasteiger partial charge in [0.05, 0.1) is 26.4 Å². The molecule has 2 N–H and O–H groups in total. The number of hydrogen-bond acceptors (Lipinski definition) is 4. The molecule has 0 spiro atoms. The molecule has 0 bridgehead atoms. The van der Waals surface area contributed by atoms with Gasteiger partial charge in [-0.15, -0.1) is 0 Å². The highest BCUT2D eigenvalue weighted by atomic mass is 16.5. The van der Waals surface area contributed by atoms with E-state index in [0.29, 0.717) is 13.2 Å². The van der Waals surface area contributed by atoms with E-state index in [1.807, 2.05) is 32.0 Å². The van der Waals surface area contributed by atoms with Gasteiger partial charge in [0.1, 0.15) is 5.75 Å². The third kappa shape index (κ3) is 6.79. The predicted molar refractivity (Wildman–Crippen MR) is 75.6 cm³/mol. The van der Waals surface area contributed by atoms with E-state index in [9.17, 15) is 4.79 Å². The fourth-order valence-corrected chi connectivity index (χ4v) is 1.47. The van der Waals surface area contributed by atoms with Crippen molar-refractivity contribution in [1.29, 1.82) is 0 Å². The highest BCUT2D eigenvalue weighted by Crippen LogP contribution is 2.16. The van der Waals surface area contributed by atoms with Gasteiger partial charge in [-0.3, -0.25) is 4.79 Å². The van der Waals surface area contributed by atoms with Gasteiger partial charge in [0, 0.05) is 18.3 Å². The van der Waals surface area contributed by atoms with Crippen LogP contribution >= 0.6 is 0 Å². The summed E-state index contributed by atoms with van der Waals surface area (Å²) in [6, 6.07) is 7.26. The Labute approximate surface area is 114 Å². The Morgan fingerprint density at radius 2 is 2.16 bits per heavy atom. The molecule has 0 aliphatic heterocycles. The zero-order valence-corrected chi connectivity index (χ0v) is 11.7. The van der Waals surface area contributed by atoms with E-state index in [-0.39, 0.29) is 18.6 Å². The molecule has 19 heavy (non-hydrogen) atoms. The molecule has 0 unspecified atom stereocenters. The van der Waals surface area contributed by atoms with Crippen LogP contribution in [0.2, 0.25) is 0 Å². The number of amides is 1. The first-order valence-corrected chi connectivity index (χ1v) is 6.38. The Kier molecular flexibility index (Phi) is 6.92. The summed E-state index contributed by atoms with van der Waals surface area (Å²) in [6.07, 6.45) is 0.215. The maximum atomic E-state index is 11.7. The van der Waals surface area contributed by atoms with Gasteiger partial charge in [0.25, 0.3) is 0 Å². The standard InChI is InChI=1S/C14H22N2O3/c1-11(2)19-8-7-15-10-14(17)16-12-5-4-6-13(9-12)18-3/h4-6,9,11,15H,7-8,10H2,1-3H3,(H,16,17). The quantitative estimate of drug-likeness (QED) is 0.702. The van der Waals surface area contributed by atoms with E-state index < -0.39 is 0 Å². The largest absolute Gasteiger partial charge is 0.497 e. The molecule has 106 valence electrons. The zero-order valence-electron chi connectivity index (χ0n) is 11.7. The lowest BCUT2D eigenvalue weighted by Crippen LogP contribution is -2.30. The molecule has 0 atom stereocenters. The van der Waals surface area contributed by atoms with Crippen molar-refractivity contribution >= 4 is 11.6 Å². The predicted octanol–water partition coefficient (Wildman–Crippen LogP) is 1.65. The molecule has 0 aliphatic carbocycles. The third-order valence-corrected chi connectivity index (χ3v) is 2.37. The summed E-state index contributed by atoms with van der Waals surface area (Å²) in [7, 11) is 1.59. The smallest absolute Gasteiger partial charge is 0.238 e. The van der Waals surface area contributed by atoms with Crippen molar-refractivity contribution in [1.82, 2.24) is 5.32 Å². The summed E-state index contributed by atoms with van der Waals surface area (Å²) in [6.45, 7) is 5.48. The van der Waals surface area contributed by atoms with Crippen LogP contribution in [0.5, 0.6) is 5.75 Å². The Morgan fingerprint density at radius 1 is 1.37 bits per heavy atom. The number of nitrogens with one attached hydrogen (secondary N) is 2. The van der Waals surface area contributed by atoms with Crippen molar-refractivity contribution in [2.45, 2.75) is 20.0 Å². The lowest BCUT2D eigenvalue weighted by Gasteiger charge is -2.09. The molecule has 0 radical (unpaired) electrons. The van der Waals surface area contributed by atoms with Crippen molar-refractivity contribution in [3.05, 3.63) is 24.3 Å². The molecular weight excluding hydrogens is 244 g/mol. The van der Waals surface area contributed by atoms with Crippen LogP contribution in [0.4, 0.5) is 5.69 Å². The van der Waals surface area contributed by atoms with Crippen molar-refractivity contribution < 1.29 is 14.3 Å². The van der Waals surface area contributed by atoms with Gasteiger partial charge in [-0.1, -0.05) is 6.07 Å². The molecule has 0 aromatic heterocycles. The van der Waals surface area contributed by atoms with Crippen molar-refractivity contribution in [3.8, 4) is 5.75 Å². The van der Waals surface area contributed by atoms with Gasteiger partial charge >= 0.3 is 0 Å². The lowest BCUT2D eigenvalue weighted by molar-refractivity contribution is -0.115. The average molecular weight is 266 g/mol. The van der Waals surface area contributed by atoms with Gasteiger partial charge < -0.3 is 20.1 Å². The van der Waals surface area contributed by atoms with E-state index >= 15 is 0 Å². The van der Waals surface area contributed by atoms with Crippen LogP contribution in [-0.2, 0) is 9.53 Å². The fourth-order valence-electron chi connectivity index (χ4n) is 1.47. The number of hydrogen-bond donors (Lipinski definition) is 2. The van der Waals surface area contributed by atoms with Gasteiger partial charge in [-0.2, -0.15) is 0 Å². The van der Waals surface area contributed by atoms with Crippen molar-refractivity contribution in [3.63, 3.8) is 0 Å². The van der Waals surface area contributed by atoms with Crippen LogP contribution in [0.1, 0.15) is 13.8 Å². The topological polar surface area (TPSA) is 59.6 Å². The molecule has 5 nitrogen and oxygen atoms in total. The monoisotopic (exact) mass is 266 g/mol. The summed E-state index contributed by atoms with van der Waals surface area (Å²) in [5.41, 5.74) is 0.726. The van der Waals surface area contributed by atoms with Crippen LogP contribution in [0.15, 0.2) is 24.3 Å². The first kappa shape index (κ1) is 15.5. The number of ether oxygens (including phenoxy) is 2. The Hall–Kier alpha value is -1.59. The lowest BCUT2D eigenvalue weighted by atomic mass is 10.3. The molecule has 0 aliphatic rings. The second kappa shape index (κ2) is 8.50. The number of benzene rings is 1. The normalized spacial score (nSPS) is 10.5. The van der Waals surface area contributed by atoms with Crippen LogP contribution < -0.4 is 15.4 Å². The van der Waals surface area contributed by atoms with Crippen LogP contribution in [-0.4, -0.2) is 38.8 Å². The molecule has 0 fully saturated rings. The number of methoxy groups -OCH3 is 1. The third-order valence-electron chi connectivity index (χ3n) is 2.37. The average Bonchev–Trinajstić information content (AvgIpc) is 2.38. The van der Waals surface area contributed by atoms with Crippen LogP contribution in [0.25, 0.3) is 0 Å². The maximum absolute atomic E-state index is 11.7. The van der Waals surface area contributed by atoms with Gasteiger partial charge in [-0.25, -0.2) is 0 Å². The minimum Gasteiger partial charge on any atom is -0.497 e. The number of carbonyl (C=O) groups is 1. The summed E-state index contributed by atoms with van der Waals surface area (Å²) in [5, 5.41) is 5.82. The maximum Gasteiger partial charge on any atom is 0.238 e. The summed E-state index contributed by atoms with van der Waals surface area (Å²) >= 11 is 0. The molecule has 1 amide bonds. The minimum absolute atomic E-state index is 0.0854. The molecule has 1 aromatic rings. The van der Waals surface area contributed by atoms with Crippen LogP contribution in [0.3, 0.4) is 0 Å². The first-order valence-electron chi connectivity index (χ1n) is 6.38. The first-order chi connectivity index (χ1) is 9.11. The SMILES string of the molecule is COc1cccc(NC(=O)CNCCOC(C)C)c1. The molecule has 0 heterocycles. The number of rotatable bonds is 8. The Morgan fingerprint density at radius 3 is 2.84 bits per heavy atom. The van der Waals surface area contributed by atoms with Gasteiger partial charge in [-0.05, 0) is 26.0 Å². The van der Waals surface area contributed by atoms with E-state index in [0.717, 1.165) is 11.4 Å². The van der Waals surface area contributed by atoms with Crippen molar-refractivity contribution in [2.24, 2.45) is 0 Å². The van der Waals surface area contributed by atoms with Gasteiger partial charge in [0.2, 0.25) is 5.91 Å². The van der Waals surface area contributed by atoms with Crippen molar-refractivity contribution in [2.75, 3.05) is 32.1 Å². The second-order valence-corrected chi connectivity index (χ2v) is 4.38. The zero-order chi connectivity index (χ0) is 14.1. The fraction of sp³-hybridized carbons (Fsp3) is 0.500. The minimum atomic E-state index is -0.0854. The van der Waals surface area contributed by atoms with E-state index in [2.05, 4.69) is 10.6 Å². The highest BCUT2D eigenvalue weighted by Gasteiger charge is 2.02. The van der Waals surface area contributed by atoms with E-state index in [1.165, 1.54) is 0 Å². The Balaban J connectivity index is 2.23. The number of carbonyl (C=O) groups excluding carboxylic acids is 1. The van der Waals surface area contributed by atoms with Gasteiger partial charge in [0.15, 0.2) is 0 Å². The molecule has 1 aromatic carbocycles. The molecule has 1 rings (SSSR count). The van der Waals surface area contributed by atoms with Crippen LogP contribution in [0, 0.1) is 0 Å². The molecule has 0 saturated carbocycles. The summed E-state index contributed by atoms with van der Waals surface area (Å²) in [5.74, 6) is 0.633. The number of anilines is 1. The second-order valence-electron chi connectivity index (χ2n) is 4.38. The van der Waals surface area contributed by atoms with E-state index in [1.54, 1.807) is 13.2 Å². The molecule has 5 heteroatoms. The highest BCUT2D eigenvalue weighted by molar-refractivity contribution is 5.92. The Bertz CT molecular complexity index is 394. The summed E-state index contributed by atoms with van der Waals surface area (Å²) in [4.78, 5) is 11.7. The molecule has 0 saturated heterocycles. The summed E-state index contributed by atoms with van der Waals surface area (Å²) < 4.78 is 10.4. The molecular formula is C14H22N2O3. The van der Waals surface area contributed by atoms with E-state index in [4.69, 9.17) is 9.47 Å².